The molecule has 122 valence electrons. The largest absolute Gasteiger partial charge is 0.444 e. The fraction of sp³-hybridized carbons (Fsp3) is 0.611. The maximum atomic E-state index is 12.5. The van der Waals surface area contributed by atoms with Crippen molar-refractivity contribution in [2.45, 2.75) is 52.2 Å². The summed E-state index contributed by atoms with van der Waals surface area (Å²) in [6.45, 7) is 11.6. The zero-order chi connectivity index (χ0) is 16.3. The number of carbonyl (C=O) groups is 1. The smallest absolute Gasteiger partial charge is 0.410 e. The molecule has 1 amide bonds. The molecule has 1 unspecified atom stereocenters. The highest BCUT2D eigenvalue weighted by Gasteiger charge is 2.33. The summed E-state index contributed by atoms with van der Waals surface area (Å²) in [5.74, 6) is 0.401. The van der Waals surface area contributed by atoms with E-state index in [4.69, 9.17) is 9.47 Å². The first-order valence-corrected chi connectivity index (χ1v) is 7.96. The molecule has 1 aromatic rings. The van der Waals surface area contributed by atoms with Gasteiger partial charge in [0.1, 0.15) is 5.60 Å². The lowest BCUT2D eigenvalue weighted by atomic mass is 9.92. The van der Waals surface area contributed by atoms with E-state index in [2.05, 4.69) is 26.0 Å². The number of rotatable bonds is 2. The fourth-order valence-corrected chi connectivity index (χ4v) is 2.74. The molecule has 0 saturated carbocycles. The van der Waals surface area contributed by atoms with Crippen LogP contribution in [-0.2, 0) is 9.47 Å². The lowest BCUT2D eigenvalue weighted by Crippen LogP contribution is -2.46. The van der Waals surface area contributed by atoms with Crippen molar-refractivity contribution >= 4 is 6.09 Å². The van der Waals surface area contributed by atoms with Crippen LogP contribution in [0.5, 0.6) is 0 Å². The van der Waals surface area contributed by atoms with Gasteiger partial charge >= 0.3 is 6.09 Å². The zero-order valence-electron chi connectivity index (χ0n) is 14.3. The van der Waals surface area contributed by atoms with E-state index in [9.17, 15) is 4.79 Å². The van der Waals surface area contributed by atoms with Gasteiger partial charge in [0.05, 0.1) is 19.3 Å². The van der Waals surface area contributed by atoms with Gasteiger partial charge in [0.25, 0.3) is 0 Å². The van der Waals surface area contributed by atoms with E-state index in [1.807, 2.05) is 32.9 Å². The highest BCUT2D eigenvalue weighted by molar-refractivity contribution is 5.69. The number of hydrogen-bond acceptors (Lipinski definition) is 3. The Morgan fingerprint density at radius 3 is 2.64 bits per heavy atom. The Morgan fingerprint density at radius 1 is 1.32 bits per heavy atom. The molecule has 1 atom stereocenters. The summed E-state index contributed by atoms with van der Waals surface area (Å²) >= 11 is 0. The third kappa shape index (κ3) is 4.01. The van der Waals surface area contributed by atoms with Gasteiger partial charge in [0, 0.05) is 6.54 Å². The summed E-state index contributed by atoms with van der Waals surface area (Å²) in [5.41, 5.74) is 1.92. The Morgan fingerprint density at radius 2 is 2.00 bits per heavy atom. The van der Waals surface area contributed by atoms with Crippen LogP contribution in [0, 0.1) is 0 Å². The van der Waals surface area contributed by atoms with Crippen LogP contribution in [0.4, 0.5) is 4.79 Å². The first-order chi connectivity index (χ1) is 10.3. The van der Waals surface area contributed by atoms with Crippen LogP contribution in [0.15, 0.2) is 24.3 Å². The Bertz CT molecular complexity index is 519. The van der Waals surface area contributed by atoms with Gasteiger partial charge in [-0.25, -0.2) is 4.79 Å². The van der Waals surface area contributed by atoms with Crippen LogP contribution in [0.3, 0.4) is 0 Å². The van der Waals surface area contributed by atoms with Gasteiger partial charge in [-0.1, -0.05) is 38.1 Å². The van der Waals surface area contributed by atoms with Gasteiger partial charge in [-0.3, -0.25) is 4.90 Å². The summed E-state index contributed by atoms with van der Waals surface area (Å²) < 4.78 is 11.2. The second kappa shape index (κ2) is 6.69. The van der Waals surface area contributed by atoms with E-state index in [1.54, 1.807) is 4.90 Å². The van der Waals surface area contributed by atoms with Crippen LogP contribution in [0.25, 0.3) is 0 Å². The third-order valence-corrected chi connectivity index (χ3v) is 3.73. The van der Waals surface area contributed by atoms with Gasteiger partial charge in [0.2, 0.25) is 0 Å². The third-order valence-electron chi connectivity index (χ3n) is 3.73. The summed E-state index contributed by atoms with van der Waals surface area (Å²) in [6.07, 6.45) is -0.264. The highest BCUT2D eigenvalue weighted by atomic mass is 16.6. The summed E-state index contributed by atoms with van der Waals surface area (Å²) in [7, 11) is 0. The fourth-order valence-electron chi connectivity index (χ4n) is 2.74. The summed E-state index contributed by atoms with van der Waals surface area (Å²) in [6, 6.07) is 8.19. The quantitative estimate of drug-likeness (QED) is 0.825. The molecule has 1 aliphatic heterocycles. The van der Waals surface area contributed by atoms with Gasteiger partial charge in [-0.05, 0) is 37.8 Å². The summed E-state index contributed by atoms with van der Waals surface area (Å²) in [4.78, 5) is 14.3. The Hall–Kier alpha value is -1.55. The number of nitrogens with zero attached hydrogens (tertiary/aromatic N) is 1. The standard InChI is InChI=1S/C18H27NO3/c1-13(2)14-8-6-7-9-15(14)16-12-21-11-10-19(16)17(20)22-18(3,4)5/h6-9,13,16H,10-12H2,1-5H3. The Labute approximate surface area is 133 Å². The second-order valence-corrected chi connectivity index (χ2v) is 7.05. The SMILES string of the molecule is CC(C)c1ccccc1C1COCCN1C(=O)OC(C)(C)C. The molecule has 2 rings (SSSR count). The lowest BCUT2D eigenvalue weighted by Gasteiger charge is -2.38. The molecular formula is C18H27NO3. The number of morpholine rings is 1. The molecule has 1 aromatic carbocycles. The Kier molecular flexibility index (Phi) is 5.12. The molecule has 22 heavy (non-hydrogen) atoms. The normalized spacial score (nSPS) is 19.4. The molecule has 4 heteroatoms. The van der Waals surface area contributed by atoms with Crippen LogP contribution in [0.2, 0.25) is 0 Å². The predicted octanol–water partition coefficient (Wildman–Crippen LogP) is 4.12. The predicted molar refractivity (Wildman–Crippen MR) is 87.0 cm³/mol. The molecule has 1 fully saturated rings. The lowest BCUT2D eigenvalue weighted by molar-refractivity contribution is -0.0333. The minimum atomic E-state index is -0.489. The van der Waals surface area contributed by atoms with E-state index in [-0.39, 0.29) is 12.1 Å². The van der Waals surface area contributed by atoms with Gasteiger partial charge in [0.15, 0.2) is 0 Å². The van der Waals surface area contributed by atoms with Crippen molar-refractivity contribution in [1.82, 2.24) is 4.90 Å². The van der Waals surface area contributed by atoms with Crippen molar-refractivity contribution in [2.24, 2.45) is 0 Å². The molecular weight excluding hydrogens is 278 g/mol. The first-order valence-electron chi connectivity index (χ1n) is 7.96. The maximum Gasteiger partial charge on any atom is 0.410 e. The van der Waals surface area contributed by atoms with E-state index >= 15 is 0 Å². The molecule has 4 nitrogen and oxygen atoms in total. The molecule has 0 N–H and O–H groups in total. The van der Waals surface area contributed by atoms with Crippen LogP contribution >= 0.6 is 0 Å². The molecule has 0 radical (unpaired) electrons. The van der Waals surface area contributed by atoms with E-state index in [1.165, 1.54) is 5.56 Å². The number of ether oxygens (including phenoxy) is 2. The monoisotopic (exact) mass is 305 g/mol. The molecule has 1 saturated heterocycles. The maximum absolute atomic E-state index is 12.5. The van der Waals surface area contributed by atoms with E-state index in [0.29, 0.717) is 25.7 Å². The van der Waals surface area contributed by atoms with Crippen molar-refractivity contribution in [1.29, 1.82) is 0 Å². The number of benzene rings is 1. The molecule has 0 aromatic heterocycles. The van der Waals surface area contributed by atoms with Crippen molar-refractivity contribution in [3.8, 4) is 0 Å². The molecule has 0 bridgehead atoms. The van der Waals surface area contributed by atoms with Crippen molar-refractivity contribution < 1.29 is 14.3 Å². The zero-order valence-corrected chi connectivity index (χ0v) is 14.3. The van der Waals surface area contributed by atoms with E-state index in [0.717, 1.165) is 5.56 Å². The average molecular weight is 305 g/mol. The van der Waals surface area contributed by atoms with E-state index < -0.39 is 5.60 Å². The Balaban J connectivity index is 2.29. The molecule has 0 aliphatic carbocycles. The van der Waals surface area contributed by atoms with Crippen LogP contribution < -0.4 is 0 Å². The number of hydrogen-bond donors (Lipinski definition) is 0. The molecule has 1 heterocycles. The van der Waals surface area contributed by atoms with Crippen molar-refractivity contribution in [2.75, 3.05) is 19.8 Å². The number of amides is 1. The number of carbonyl (C=O) groups excluding carboxylic acids is 1. The highest BCUT2D eigenvalue weighted by Crippen LogP contribution is 2.31. The minimum absolute atomic E-state index is 0.0813. The molecule has 0 spiro atoms. The molecule has 1 aliphatic rings. The van der Waals surface area contributed by atoms with Crippen LogP contribution in [0.1, 0.15) is 57.7 Å². The van der Waals surface area contributed by atoms with Crippen LogP contribution in [-0.4, -0.2) is 36.4 Å². The minimum Gasteiger partial charge on any atom is -0.444 e. The van der Waals surface area contributed by atoms with Crippen molar-refractivity contribution in [3.05, 3.63) is 35.4 Å². The van der Waals surface area contributed by atoms with Gasteiger partial charge in [-0.15, -0.1) is 0 Å². The summed E-state index contributed by atoms with van der Waals surface area (Å²) in [5, 5.41) is 0. The van der Waals surface area contributed by atoms with Gasteiger partial charge < -0.3 is 9.47 Å². The first kappa shape index (κ1) is 16.8. The van der Waals surface area contributed by atoms with Crippen molar-refractivity contribution in [3.63, 3.8) is 0 Å². The average Bonchev–Trinajstić information content (AvgIpc) is 2.45. The topological polar surface area (TPSA) is 38.8 Å². The second-order valence-electron chi connectivity index (χ2n) is 7.05. The van der Waals surface area contributed by atoms with Gasteiger partial charge in [-0.2, -0.15) is 0 Å².